The van der Waals surface area contributed by atoms with E-state index in [2.05, 4.69) is 25.1 Å². The van der Waals surface area contributed by atoms with Crippen LogP contribution in [-0.2, 0) is 0 Å². The van der Waals surface area contributed by atoms with Gasteiger partial charge in [-0.1, -0.05) is 0 Å². The summed E-state index contributed by atoms with van der Waals surface area (Å²) in [6, 6.07) is 2.59. The Morgan fingerprint density at radius 1 is 1.26 bits per heavy atom. The molecule has 19 heavy (non-hydrogen) atoms. The van der Waals surface area contributed by atoms with Gasteiger partial charge in [0.15, 0.2) is 0 Å². The van der Waals surface area contributed by atoms with Crippen molar-refractivity contribution in [1.82, 2.24) is 20.2 Å². The third-order valence-corrected chi connectivity index (χ3v) is 3.86. The Kier molecular flexibility index (Phi) is 3.52. The molecule has 1 N–H and O–H groups in total. The summed E-state index contributed by atoms with van der Waals surface area (Å²) in [5.74, 6) is 2.39. The predicted molar refractivity (Wildman–Crippen MR) is 73.8 cm³/mol. The molecule has 0 aromatic carbocycles. The van der Waals surface area contributed by atoms with Crippen LogP contribution in [0.3, 0.4) is 0 Å². The number of nitrogens with zero attached hydrogens (tertiary/aromatic N) is 4. The van der Waals surface area contributed by atoms with E-state index in [1.807, 2.05) is 13.0 Å². The van der Waals surface area contributed by atoms with Crippen molar-refractivity contribution in [3.05, 3.63) is 11.9 Å². The molecule has 104 valence electrons. The summed E-state index contributed by atoms with van der Waals surface area (Å²) in [5, 5.41) is 3.39. The minimum Gasteiger partial charge on any atom is -0.481 e. The molecule has 2 aliphatic rings. The molecule has 0 spiro atoms. The van der Waals surface area contributed by atoms with Crippen LogP contribution in [0.25, 0.3) is 0 Å². The van der Waals surface area contributed by atoms with Gasteiger partial charge in [-0.15, -0.1) is 0 Å². The summed E-state index contributed by atoms with van der Waals surface area (Å²) in [5.41, 5.74) is 0. The fraction of sp³-hybridized carbons (Fsp3) is 0.692. The summed E-state index contributed by atoms with van der Waals surface area (Å²) in [6.45, 7) is 8.54. The zero-order chi connectivity index (χ0) is 13.2. The van der Waals surface area contributed by atoms with Crippen LogP contribution in [0.4, 0.5) is 5.82 Å². The van der Waals surface area contributed by atoms with Crippen LogP contribution in [0.1, 0.15) is 5.82 Å². The standard InChI is InChI=1S/C13H21N5O/c1-10-15-12(7-13(16-10)19-2)18-8-11(9-18)17-5-3-14-4-6-17/h7,11,14H,3-6,8-9H2,1-2H3. The molecule has 1 aromatic rings. The molecular formula is C13H21N5O. The summed E-state index contributed by atoms with van der Waals surface area (Å²) in [6.07, 6.45) is 0. The van der Waals surface area contributed by atoms with Gasteiger partial charge < -0.3 is 15.0 Å². The molecule has 2 saturated heterocycles. The van der Waals surface area contributed by atoms with E-state index in [9.17, 15) is 0 Å². The molecule has 0 bridgehead atoms. The van der Waals surface area contributed by atoms with E-state index >= 15 is 0 Å². The van der Waals surface area contributed by atoms with Crippen LogP contribution < -0.4 is 15.0 Å². The monoisotopic (exact) mass is 263 g/mol. The zero-order valence-electron chi connectivity index (χ0n) is 11.6. The number of piperazine rings is 1. The molecule has 2 fully saturated rings. The molecule has 2 aliphatic heterocycles. The lowest BCUT2D eigenvalue weighted by Gasteiger charge is -2.47. The van der Waals surface area contributed by atoms with Gasteiger partial charge in [-0.25, -0.2) is 4.98 Å². The average molecular weight is 263 g/mol. The van der Waals surface area contributed by atoms with Gasteiger partial charge in [-0.3, -0.25) is 4.90 Å². The Hall–Kier alpha value is -1.40. The fourth-order valence-corrected chi connectivity index (χ4v) is 2.71. The molecule has 3 rings (SSSR count). The maximum absolute atomic E-state index is 5.20. The topological polar surface area (TPSA) is 53.5 Å². The highest BCUT2D eigenvalue weighted by Crippen LogP contribution is 2.24. The SMILES string of the molecule is COc1cc(N2CC(N3CCNCC3)C2)nc(C)n1. The van der Waals surface area contributed by atoms with Crippen LogP contribution in [-0.4, -0.2) is 67.3 Å². The largest absolute Gasteiger partial charge is 0.481 e. The van der Waals surface area contributed by atoms with Gasteiger partial charge in [0.2, 0.25) is 5.88 Å². The van der Waals surface area contributed by atoms with E-state index in [1.165, 1.54) is 0 Å². The highest BCUT2D eigenvalue weighted by atomic mass is 16.5. The van der Waals surface area contributed by atoms with Crippen LogP contribution in [0, 0.1) is 6.92 Å². The third kappa shape index (κ3) is 2.64. The summed E-state index contributed by atoms with van der Waals surface area (Å²) in [7, 11) is 1.64. The lowest BCUT2D eigenvalue weighted by atomic mass is 10.1. The second-order valence-electron chi connectivity index (χ2n) is 5.16. The fourth-order valence-electron chi connectivity index (χ4n) is 2.71. The Balaban J connectivity index is 1.62. The number of anilines is 1. The molecular weight excluding hydrogens is 242 g/mol. The minimum atomic E-state index is 0.646. The molecule has 0 radical (unpaired) electrons. The Morgan fingerprint density at radius 3 is 2.68 bits per heavy atom. The van der Waals surface area contributed by atoms with E-state index in [-0.39, 0.29) is 0 Å². The van der Waals surface area contributed by atoms with Gasteiger partial charge in [0.1, 0.15) is 11.6 Å². The first kappa shape index (κ1) is 12.6. The first-order valence-electron chi connectivity index (χ1n) is 6.85. The Bertz CT molecular complexity index is 441. The van der Waals surface area contributed by atoms with E-state index in [4.69, 9.17) is 4.74 Å². The van der Waals surface area contributed by atoms with Crippen molar-refractivity contribution in [2.75, 3.05) is 51.3 Å². The highest BCUT2D eigenvalue weighted by molar-refractivity contribution is 5.45. The minimum absolute atomic E-state index is 0.646. The van der Waals surface area contributed by atoms with E-state index in [0.717, 1.165) is 50.9 Å². The van der Waals surface area contributed by atoms with Crippen molar-refractivity contribution in [2.45, 2.75) is 13.0 Å². The van der Waals surface area contributed by atoms with Gasteiger partial charge in [0.05, 0.1) is 7.11 Å². The number of aromatic nitrogens is 2. The second-order valence-corrected chi connectivity index (χ2v) is 5.16. The maximum Gasteiger partial charge on any atom is 0.218 e. The maximum atomic E-state index is 5.20. The highest BCUT2D eigenvalue weighted by Gasteiger charge is 2.33. The van der Waals surface area contributed by atoms with Crippen molar-refractivity contribution in [2.24, 2.45) is 0 Å². The number of hydrogen-bond donors (Lipinski definition) is 1. The Labute approximate surface area is 113 Å². The molecule has 0 unspecified atom stereocenters. The van der Waals surface area contributed by atoms with Crippen LogP contribution >= 0.6 is 0 Å². The van der Waals surface area contributed by atoms with Crippen LogP contribution in [0.15, 0.2) is 6.07 Å². The lowest BCUT2D eigenvalue weighted by Crippen LogP contribution is -2.63. The van der Waals surface area contributed by atoms with Crippen molar-refractivity contribution in [3.8, 4) is 5.88 Å². The number of rotatable bonds is 3. The number of methoxy groups -OCH3 is 1. The zero-order valence-corrected chi connectivity index (χ0v) is 11.6. The molecule has 0 amide bonds. The van der Waals surface area contributed by atoms with Gasteiger partial charge in [0.25, 0.3) is 0 Å². The summed E-state index contributed by atoms with van der Waals surface area (Å²) in [4.78, 5) is 13.6. The van der Waals surface area contributed by atoms with Crippen molar-refractivity contribution >= 4 is 5.82 Å². The van der Waals surface area contributed by atoms with E-state index in [1.54, 1.807) is 7.11 Å². The van der Waals surface area contributed by atoms with Gasteiger partial charge in [0, 0.05) is 51.4 Å². The van der Waals surface area contributed by atoms with E-state index < -0.39 is 0 Å². The smallest absolute Gasteiger partial charge is 0.218 e. The first-order valence-corrected chi connectivity index (χ1v) is 6.85. The van der Waals surface area contributed by atoms with Gasteiger partial charge in [-0.05, 0) is 6.92 Å². The van der Waals surface area contributed by atoms with Crippen molar-refractivity contribution in [1.29, 1.82) is 0 Å². The molecule has 0 aliphatic carbocycles. The molecule has 0 atom stereocenters. The van der Waals surface area contributed by atoms with Crippen LogP contribution in [0.5, 0.6) is 5.88 Å². The molecule has 6 nitrogen and oxygen atoms in total. The normalized spacial score (nSPS) is 21.3. The molecule has 6 heteroatoms. The average Bonchev–Trinajstić information content (AvgIpc) is 2.37. The summed E-state index contributed by atoms with van der Waals surface area (Å²) < 4.78 is 5.20. The first-order chi connectivity index (χ1) is 9.26. The number of ether oxygens (including phenoxy) is 1. The molecule has 3 heterocycles. The molecule has 1 aromatic heterocycles. The van der Waals surface area contributed by atoms with Crippen molar-refractivity contribution in [3.63, 3.8) is 0 Å². The number of hydrogen-bond acceptors (Lipinski definition) is 6. The lowest BCUT2D eigenvalue weighted by molar-refractivity contribution is 0.147. The Morgan fingerprint density at radius 2 is 2.00 bits per heavy atom. The number of aryl methyl sites for hydroxylation is 1. The summed E-state index contributed by atoms with van der Waals surface area (Å²) >= 11 is 0. The van der Waals surface area contributed by atoms with Gasteiger partial charge >= 0.3 is 0 Å². The van der Waals surface area contributed by atoms with Crippen molar-refractivity contribution < 1.29 is 4.74 Å². The predicted octanol–water partition coefficient (Wildman–Crippen LogP) is -0.113. The quantitative estimate of drug-likeness (QED) is 0.821. The van der Waals surface area contributed by atoms with Gasteiger partial charge in [-0.2, -0.15) is 4.98 Å². The third-order valence-electron chi connectivity index (χ3n) is 3.86. The van der Waals surface area contributed by atoms with E-state index in [0.29, 0.717) is 11.9 Å². The van der Waals surface area contributed by atoms with Crippen LogP contribution in [0.2, 0.25) is 0 Å². The molecule has 0 saturated carbocycles. The number of nitrogens with one attached hydrogen (secondary N) is 1. The second kappa shape index (κ2) is 5.30.